The SMILES string of the molecule is CCCCC(NC(=O)COc1ccc2c(-c3ccc(OC)cc3)cc(=O)oc2c1C)C(=O)O. The lowest BCUT2D eigenvalue weighted by Gasteiger charge is -2.15. The van der Waals surface area contributed by atoms with E-state index in [9.17, 15) is 19.5 Å². The third-order valence-electron chi connectivity index (χ3n) is 5.35. The molecule has 8 nitrogen and oxygen atoms in total. The standard InChI is InChI=1S/C25H27NO7/c1-4-5-6-20(25(29)30)26-22(27)14-32-21-12-11-18-19(13-23(28)33-24(18)15(21)2)16-7-9-17(31-3)10-8-16/h7-13,20H,4-6,14H2,1-3H3,(H,26,27)(H,29,30). The molecule has 0 aliphatic rings. The highest BCUT2D eigenvalue weighted by atomic mass is 16.5. The first-order valence-corrected chi connectivity index (χ1v) is 10.7. The van der Waals surface area contributed by atoms with E-state index in [1.54, 1.807) is 26.2 Å². The van der Waals surface area contributed by atoms with Crippen LogP contribution in [0.2, 0.25) is 0 Å². The van der Waals surface area contributed by atoms with E-state index in [1.165, 1.54) is 6.07 Å². The third kappa shape index (κ3) is 5.71. The van der Waals surface area contributed by atoms with Crippen LogP contribution in [0.5, 0.6) is 11.5 Å². The van der Waals surface area contributed by atoms with Crippen LogP contribution in [0.4, 0.5) is 0 Å². The van der Waals surface area contributed by atoms with Crippen molar-refractivity contribution in [2.75, 3.05) is 13.7 Å². The molecule has 3 rings (SSSR count). The van der Waals surface area contributed by atoms with Gasteiger partial charge in [-0.25, -0.2) is 9.59 Å². The Morgan fingerprint density at radius 1 is 1.15 bits per heavy atom. The lowest BCUT2D eigenvalue weighted by atomic mass is 10.00. The molecular formula is C25H27NO7. The van der Waals surface area contributed by atoms with E-state index in [1.807, 2.05) is 31.2 Å². The van der Waals surface area contributed by atoms with Crippen LogP contribution in [0.25, 0.3) is 22.1 Å². The van der Waals surface area contributed by atoms with Gasteiger partial charge in [0.1, 0.15) is 23.1 Å². The second kappa shape index (κ2) is 10.7. The first kappa shape index (κ1) is 23.8. The fraction of sp³-hybridized carbons (Fsp3) is 0.320. The quantitative estimate of drug-likeness (QED) is 0.447. The first-order valence-electron chi connectivity index (χ1n) is 10.7. The molecule has 0 aliphatic carbocycles. The molecule has 1 amide bonds. The molecule has 0 radical (unpaired) electrons. The average molecular weight is 453 g/mol. The number of fused-ring (bicyclic) bond motifs is 1. The van der Waals surface area contributed by atoms with Crippen molar-refractivity contribution in [2.45, 2.75) is 39.2 Å². The van der Waals surface area contributed by atoms with Crippen molar-refractivity contribution >= 4 is 22.8 Å². The van der Waals surface area contributed by atoms with E-state index in [0.29, 0.717) is 41.1 Å². The highest BCUT2D eigenvalue weighted by Gasteiger charge is 2.20. The molecule has 8 heteroatoms. The summed E-state index contributed by atoms with van der Waals surface area (Å²) in [4.78, 5) is 35.8. The van der Waals surface area contributed by atoms with Crippen LogP contribution in [0.1, 0.15) is 31.7 Å². The number of unbranched alkanes of at least 4 members (excludes halogenated alkanes) is 1. The monoisotopic (exact) mass is 453 g/mol. The van der Waals surface area contributed by atoms with Gasteiger partial charge in [0.05, 0.1) is 7.11 Å². The summed E-state index contributed by atoms with van der Waals surface area (Å²) in [6.45, 7) is 3.33. The van der Waals surface area contributed by atoms with Gasteiger partial charge >= 0.3 is 11.6 Å². The Hall–Kier alpha value is -3.81. The minimum atomic E-state index is -1.08. The van der Waals surface area contributed by atoms with Crippen molar-refractivity contribution < 1.29 is 28.6 Å². The molecule has 3 aromatic rings. The van der Waals surface area contributed by atoms with Crippen LogP contribution < -0.4 is 20.4 Å². The van der Waals surface area contributed by atoms with Gasteiger partial charge in [0.2, 0.25) is 0 Å². The smallest absolute Gasteiger partial charge is 0.336 e. The highest BCUT2D eigenvalue weighted by molar-refractivity contribution is 5.95. The maximum atomic E-state index is 12.2. The number of aryl methyl sites for hydroxylation is 1. The number of carbonyl (C=O) groups is 2. The van der Waals surface area contributed by atoms with Gasteiger partial charge in [-0.05, 0) is 48.7 Å². The Bertz CT molecular complexity index is 1200. The fourth-order valence-electron chi connectivity index (χ4n) is 3.55. The van der Waals surface area contributed by atoms with E-state index in [0.717, 1.165) is 17.4 Å². The zero-order chi connectivity index (χ0) is 24.0. The zero-order valence-electron chi connectivity index (χ0n) is 18.8. The van der Waals surface area contributed by atoms with Crippen molar-refractivity contribution in [2.24, 2.45) is 0 Å². The Kier molecular flexibility index (Phi) is 7.71. The molecule has 1 heterocycles. The number of hydrogen-bond donors (Lipinski definition) is 2. The molecule has 0 spiro atoms. The number of ether oxygens (including phenoxy) is 2. The second-order valence-corrected chi connectivity index (χ2v) is 7.66. The molecular weight excluding hydrogens is 426 g/mol. The number of aliphatic carboxylic acids is 1. The summed E-state index contributed by atoms with van der Waals surface area (Å²) in [6, 6.07) is 11.3. The number of amides is 1. The zero-order valence-corrected chi connectivity index (χ0v) is 18.8. The summed E-state index contributed by atoms with van der Waals surface area (Å²) in [7, 11) is 1.58. The summed E-state index contributed by atoms with van der Waals surface area (Å²) in [6.07, 6.45) is 1.87. The van der Waals surface area contributed by atoms with Gasteiger partial charge in [-0.2, -0.15) is 0 Å². The lowest BCUT2D eigenvalue weighted by molar-refractivity contribution is -0.142. The number of nitrogens with one attached hydrogen (secondary N) is 1. The molecule has 174 valence electrons. The maximum Gasteiger partial charge on any atom is 0.336 e. The van der Waals surface area contributed by atoms with E-state index < -0.39 is 23.5 Å². The number of methoxy groups -OCH3 is 1. The van der Waals surface area contributed by atoms with Gasteiger partial charge in [-0.1, -0.05) is 31.9 Å². The van der Waals surface area contributed by atoms with Crippen LogP contribution in [0.3, 0.4) is 0 Å². The third-order valence-corrected chi connectivity index (χ3v) is 5.35. The van der Waals surface area contributed by atoms with Gasteiger partial charge in [-0.15, -0.1) is 0 Å². The Labute approximate surface area is 191 Å². The lowest BCUT2D eigenvalue weighted by Crippen LogP contribution is -2.42. The van der Waals surface area contributed by atoms with Gasteiger partial charge < -0.3 is 24.3 Å². The van der Waals surface area contributed by atoms with E-state index in [2.05, 4.69) is 5.32 Å². The molecule has 0 aliphatic heterocycles. The van der Waals surface area contributed by atoms with Gasteiger partial charge in [0.15, 0.2) is 6.61 Å². The van der Waals surface area contributed by atoms with E-state index in [4.69, 9.17) is 13.9 Å². The first-order chi connectivity index (χ1) is 15.8. The number of hydrogen-bond acceptors (Lipinski definition) is 6. The molecule has 2 N–H and O–H groups in total. The molecule has 0 saturated carbocycles. The number of rotatable bonds is 10. The van der Waals surface area contributed by atoms with E-state index >= 15 is 0 Å². The van der Waals surface area contributed by atoms with Crippen LogP contribution in [-0.4, -0.2) is 36.7 Å². The fourth-order valence-corrected chi connectivity index (χ4v) is 3.55. The van der Waals surface area contributed by atoms with Crippen LogP contribution in [0, 0.1) is 6.92 Å². The second-order valence-electron chi connectivity index (χ2n) is 7.66. The normalized spacial score (nSPS) is 11.7. The molecule has 0 bridgehead atoms. The summed E-state index contributed by atoms with van der Waals surface area (Å²) in [5, 5.41) is 12.5. The molecule has 1 atom stereocenters. The van der Waals surface area contributed by atoms with Crippen LogP contribution in [0.15, 0.2) is 51.7 Å². The van der Waals surface area contributed by atoms with Crippen molar-refractivity contribution in [3.8, 4) is 22.6 Å². The summed E-state index contributed by atoms with van der Waals surface area (Å²) < 4.78 is 16.3. The van der Waals surface area contributed by atoms with Crippen molar-refractivity contribution in [1.29, 1.82) is 0 Å². The van der Waals surface area contributed by atoms with Gasteiger partial charge in [0.25, 0.3) is 5.91 Å². The van der Waals surface area contributed by atoms with Crippen molar-refractivity contribution in [3.05, 3.63) is 58.4 Å². The molecule has 2 aromatic carbocycles. The predicted molar refractivity (Wildman–Crippen MR) is 124 cm³/mol. The Balaban J connectivity index is 1.83. The minimum absolute atomic E-state index is 0.353. The largest absolute Gasteiger partial charge is 0.497 e. The molecule has 0 fully saturated rings. The average Bonchev–Trinajstić information content (AvgIpc) is 2.81. The minimum Gasteiger partial charge on any atom is -0.497 e. The number of carbonyl (C=O) groups excluding carboxylic acids is 1. The number of benzene rings is 2. The summed E-state index contributed by atoms with van der Waals surface area (Å²) in [5.41, 5.74) is 1.95. The molecule has 33 heavy (non-hydrogen) atoms. The summed E-state index contributed by atoms with van der Waals surface area (Å²) >= 11 is 0. The van der Waals surface area contributed by atoms with Crippen molar-refractivity contribution in [3.63, 3.8) is 0 Å². The van der Waals surface area contributed by atoms with Crippen LogP contribution in [-0.2, 0) is 9.59 Å². The van der Waals surface area contributed by atoms with Crippen LogP contribution >= 0.6 is 0 Å². The number of carboxylic acid groups (broad SMARTS) is 1. The Morgan fingerprint density at radius 2 is 1.88 bits per heavy atom. The maximum absolute atomic E-state index is 12.2. The number of carboxylic acids is 1. The predicted octanol–water partition coefficient (Wildman–Crippen LogP) is 3.92. The molecule has 1 aromatic heterocycles. The van der Waals surface area contributed by atoms with E-state index in [-0.39, 0.29) is 6.61 Å². The van der Waals surface area contributed by atoms with Gasteiger partial charge in [0, 0.05) is 17.0 Å². The van der Waals surface area contributed by atoms with Gasteiger partial charge in [-0.3, -0.25) is 4.79 Å². The molecule has 0 saturated heterocycles. The Morgan fingerprint density at radius 3 is 2.52 bits per heavy atom. The highest BCUT2D eigenvalue weighted by Crippen LogP contribution is 2.33. The topological polar surface area (TPSA) is 115 Å². The van der Waals surface area contributed by atoms with Crippen molar-refractivity contribution in [1.82, 2.24) is 5.32 Å². The summed E-state index contributed by atoms with van der Waals surface area (Å²) in [5.74, 6) is -0.540. The molecule has 1 unspecified atom stereocenters.